The predicted molar refractivity (Wildman–Crippen MR) is 110 cm³/mol. The maximum absolute atomic E-state index is 12.3. The first-order chi connectivity index (χ1) is 12.9. The summed E-state index contributed by atoms with van der Waals surface area (Å²) in [6, 6.07) is 16.8. The number of pyridine rings is 1. The van der Waals surface area contributed by atoms with Crippen LogP contribution in [-0.2, 0) is 4.79 Å². The number of imide groups is 1. The number of thioether (sulfide) groups is 1. The van der Waals surface area contributed by atoms with Crippen molar-refractivity contribution in [2.45, 2.75) is 31.0 Å². The van der Waals surface area contributed by atoms with Crippen molar-refractivity contribution in [2.75, 3.05) is 5.32 Å². The van der Waals surface area contributed by atoms with Gasteiger partial charge in [0.25, 0.3) is 0 Å². The standard InChI is InChI=1S/C21H21N3O2S/c1-13-8-10-17(14(2)12-13)23-21(26)24-20(25)15(3)27-19-11-9-16-6-4-5-7-18(16)22-19/h4-12,15H,1-3H3,(H2,23,24,25,26). The third kappa shape index (κ3) is 4.86. The molecule has 1 heterocycles. The molecule has 2 N–H and O–H groups in total. The lowest BCUT2D eigenvalue weighted by molar-refractivity contribution is -0.119. The van der Waals surface area contributed by atoms with Crippen molar-refractivity contribution in [2.24, 2.45) is 0 Å². The molecule has 1 unspecified atom stereocenters. The van der Waals surface area contributed by atoms with Crippen LogP contribution in [0, 0.1) is 13.8 Å². The van der Waals surface area contributed by atoms with Gasteiger partial charge in [0.05, 0.1) is 15.8 Å². The SMILES string of the molecule is Cc1ccc(NC(=O)NC(=O)C(C)Sc2ccc3ccccc3n2)c(C)c1. The molecule has 1 atom stereocenters. The number of fused-ring (bicyclic) bond motifs is 1. The summed E-state index contributed by atoms with van der Waals surface area (Å²) in [5.74, 6) is -0.364. The highest BCUT2D eigenvalue weighted by atomic mass is 32.2. The van der Waals surface area contributed by atoms with E-state index < -0.39 is 11.3 Å². The van der Waals surface area contributed by atoms with E-state index in [4.69, 9.17) is 0 Å². The lowest BCUT2D eigenvalue weighted by Crippen LogP contribution is -2.39. The first-order valence-corrected chi connectivity index (χ1v) is 9.52. The summed E-state index contributed by atoms with van der Waals surface area (Å²) in [6.45, 7) is 5.65. The Hall–Kier alpha value is -2.86. The van der Waals surface area contributed by atoms with E-state index in [9.17, 15) is 9.59 Å². The molecule has 138 valence electrons. The van der Waals surface area contributed by atoms with E-state index >= 15 is 0 Å². The molecule has 0 aliphatic heterocycles. The summed E-state index contributed by atoms with van der Waals surface area (Å²) < 4.78 is 0. The quantitative estimate of drug-likeness (QED) is 0.646. The Morgan fingerprint density at radius 2 is 1.81 bits per heavy atom. The molecule has 3 aromatic rings. The van der Waals surface area contributed by atoms with E-state index in [0.717, 1.165) is 27.1 Å². The highest BCUT2D eigenvalue weighted by molar-refractivity contribution is 8.00. The van der Waals surface area contributed by atoms with Gasteiger partial charge in [-0.15, -0.1) is 0 Å². The largest absolute Gasteiger partial charge is 0.325 e. The molecule has 3 amide bonds. The van der Waals surface area contributed by atoms with Crippen LogP contribution in [0.4, 0.5) is 10.5 Å². The minimum absolute atomic E-state index is 0.364. The molecule has 0 aliphatic rings. The van der Waals surface area contributed by atoms with Crippen LogP contribution in [-0.4, -0.2) is 22.2 Å². The zero-order valence-electron chi connectivity index (χ0n) is 15.4. The number of nitrogens with zero attached hydrogens (tertiary/aromatic N) is 1. The Morgan fingerprint density at radius 1 is 1.04 bits per heavy atom. The molecular weight excluding hydrogens is 358 g/mol. The van der Waals surface area contributed by atoms with E-state index in [1.54, 1.807) is 6.92 Å². The third-order valence-electron chi connectivity index (χ3n) is 4.11. The molecule has 0 bridgehead atoms. The van der Waals surface area contributed by atoms with Crippen molar-refractivity contribution in [3.05, 3.63) is 65.7 Å². The Kier molecular flexibility index (Phi) is 5.76. The van der Waals surface area contributed by atoms with Crippen LogP contribution in [0.15, 0.2) is 59.6 Å². The lowest BCUT2D eigenvalue weighted by Gasteiger charge is -2.13. The molecule has 2 aromatic carbocycles. The number of aryl methyl sites for hydroxylation is 2. The Balaban J connectivity index is 1.60. The number of para-hydroxylation sites is 1. The van der Waals surface area contributed by atoms with E-state index in [-0.39, 0.29) is 5.91 Å². The summed E-state index contributed by atoms with van der Waals surface area (Å²) in [4.78, 5) is 29.0. The smallest absolute Gasteiger partial charge is 0.307 e. The van der Waals surface area contributed by atoms with Crippen LogP contribution in [0.2, 0.25) is 0 Å². The van der Waals surface area contributed by atoms with Gasteiger partial charge in [0.1, 0.15) is 0 Å². The molecule has 1 aromatic heterocycles. The van der Waals surface area contributed by atoms with Crippen LogP contribution in [0.3, 0.4) is 0 Å². The van der Waals surface area contributed by atoms with Crippen LogP contribution >= 0.6 is 11.8 Å². The molecule has 27 heavy (non-hydrogen) atoms. The number of carbonyl (C=O) groups is 2. The molecule has 6 heteroatoms. The summed E-state index contributed by atoms with van der Waals surface area (Å²) in [7, 11) is 0. The molecule has 0 saturated carbocycles. The van der Waals surface area contributed by atoms with E-state index in [2.05, 4.69) is 15.6 Å². The molecule has 0 fully saturated rings. The monoisotopic (exact) mass is 379 g/mol. The molecule has 0 saturated heterocycles. The fourth-order valence-electron chi connectivity index (χ4n) is 2.67. The van der Waals surface area contributed by atoms with E-state index in [1.165, 1.54) is 11.8 Å². The van der Waals surface area contributed by atoms with Gasteiger partial charge in [0.15, 0.2) is 0 Å². The van der Waals surface area contributed by atoms with Gasteiger partial charge in [0, 0.05) is 11.1 Å². The van der Waals surface area contributed by atoms with Crippen molar-refractivity contribution in [1.82, 2.24) is 10.3 Å². The van der Waals surface area contributed by atoms with E-state index in [1.807, 2.05) is 68.4 Å². The third-order valence-corrected chi connectivity index (χ3v) is 5.14. The molecule has 5 nitrogen and oxygen atoms in total. The number of hydrogen-bond acceptors (Lipinski definition) is 4. The Morgan fingerprint density at radius 3 is 2.59 bits per heavy atom. The van der Waals surface area contributed by atoms with Crippen LogP contribution < -0.4 is 10.6 Å². The second kappa shape index (κ2) is 8.22. The Bertz CT molecular complexity index is 1000. The first kappa shape index (κ1) is 18.9. The molecule has 3 rings (SSSR count). The van der Waals surface area contributed by atoms with Gasteiger partial charge in [-0.1, -0.05) is 53.7 Å². The molecule has 0 radical (unpaired) electrons. The van der Waals surface area contributed by atoms with Crippen molar-refractivity contribution >= 4 is 40.3 Å². The minimum atomic E-state index is -0.536. The maximum Gasteiger partial charge on any atom is 0.325 e. The fraction of sp³-hybridized carbons (Fsp3) is 0.190. The van der Waals surface area contributed by atoms with Gasteiger partial charge in [-0.05, 0) is 44.5 Å². The summed E-state index contributed by atoms with van der Waals surface area (Å²) >= 11 is 1.32. The van der Waals surface area contributed by atoms with Gasteiger partial charge < -0.3 is 5.32 Å². The predicted octanol–water partition coefficient (Wildman–Crippen LogP) is 4.68. The summed E-state index contributed by atoms with van der Waals surface area (Å²) in [6.07, 6.45) is 0. The zero-order valence-corrected chi connectivity index (χ0v) is 16.3. The number of rotatable bonds is 4. The molecule has 0 spiro atoms. The van der Waals surface area contributed by atoms with Crippen molar-refractivity contribution in [3.63, 3.8) is 0 Å². The number of hydrogen-bond donors (Lipinski definition) is 2. The van der Waals surface area contributed by atoms with Gasteiger partial charge >= 0.3 is 6.03 Å². The number of aromatic nitrogens is 1. The lowest BCUT2D eigenvalue weighted by atomic mass is 10.1. The number of amides is 3. The topological polar surface area (TPSA) is 71.1 Å². The Labute approximate surface area is 162 Å². The molecule has 0 aliphatic carbocycles. The summed E-state index contributed by atoms with van der Waals surface area (Å²) in [5.41, 5.74) is 3.62. The van der Waals surface area contributed by atoms with Gasteiger partial charge in [-0.25, -0.2) is 9.78 Å². The van der Waals surface area contributed by atoms with Gasteiger partial charge in [0.2, 0.25) is 5.91 Å². The first-order valence-electron chi connectivity index (χ1n) is 8.64. The maximum atomic E-state index is 12.3. The minimum Gasteiger partial charge on any atom is -0.307 e. The average Bonchev–Trinajstić information content (AvgIpc) is 2.64. The second-order valence-corrected chi connectivity index (χ2v) is 7.73. The fourth-order valence-corrected chi connectivity index (χ4v) is 3.49. The second-order valence-electron chi connectivity index (χ2n) is 6.36. The average molecular weight is 379 g/mol. The van der Waals surface area contributed by atoms with Crippen LogP contribution in [0.1, 0.15) is 18.1 Å². The normalized spacial score (nSPS) is 11.8. The van der Waals surface area contributed by atoms with Crippen molar-refractivity contribution in [1.29, 1.82) is 0 Å². The zero-order chi connectivity index (χ0) is 19.4. The number of benzene rings is 2. The van der Waals surface area contributed by atoms with Gasteiger partial charge in [-0.2, -0.15) is 0 Å². The van der Waals surface area contributed by atoms with Crippen LogP contribution in [0.5, 0.6) is 0 Å². The van der Waals surface area contributed by atoms with E-state index in [0.29, 0.717) is 5.69 Å². The molecular formula is C21H21N3O2S. The number of anilines is 1. The number of nitrogens with one attached hydrogen (secondary N) is 2. The van der Waals surface area contributed by atoms with Crippen LogP contribution in [0.25, 0.3) is 10.9 Å². The number of carbonyl (C=O) groups excluding carboxylic acids is 2. The number of urea groups is 1. The summed E-state index contributed by atoms with van der Waals surface area (Å²) in [5, 5.41) is 6.44. The van der Waals surface area contributed by atoms with Crippen molar-refractivity contribution < 1.29 is 9.59 Å². The highest BCUT2D eigenvalue weighted by Crippen LogP contribution is 2.24. The van der Waals surface area contributed by atoms with Gasteiger partial charge in [-0.3, -0.25) is 10.1 Å². The highest BCUT2D eigenvalue weighted by Gasteiger charge is 2.18. The van der Waals surface area contributed by atoms with Crippen molar-refractivity contribution in [3.8, 4) is 0 Å².